The third-order valence-corrected chi connectivity index (χ3v) is 2.15. The number of hydrogen-bond donors (Lipinski definition) is 2. The number of carboxylic acid groups (broad SMARTS) is 1. The van der Waals surface area contributed by atoms with Crippen LogP contribution in [0.1, 0.15) is 0 Å². The molecule has 0 aliphatic rings. The molecule has 0 fully saturated rings. The summed E-state index contributed by atoms with van der Waals surface area (Å²) < 4.78 is 0. The fourth-order valence-electron chi connectivity index (χ4n) is 1.41. The van der Waals surface area contributed by atoms with Gasteiger partial charge < -0.3 is 5.11 Å². The lowest BCUT2D eigenvalue weighted by Crippen LogP contribution is -2.06. The van der Waals surface area contributed by atoms with Crippen LogP contribution < -0.4 is 5.32 Å². The number of rotatable bonds is 2. The first-order valence-corrected chi connectivity index (χ1v) is 4.76. The van der Waals surface area contributed by atoms with E-state index in [4.69, 9.17) is 5.11 Å². The van der Waals surface area contributed by atoms with Crippen molar-refractivity contribution in [2.24, 2.45) is 0 Å². The van der Waals surface area contributed by atoms with E-state index in [2.05, 4.69) is 10.3 Å². The Balaban J connectivity index is 2.23. The molecule has 80 valence electrons. The van der Waals surface area contributed by atoms with Gasteiger partial charge in [-0.1, -0.05) is 12.1 Å². The molecule has 2 N–H and O–H groups in total. The molecule has 0 unspecified atom stereocenters. The number of hydrogen-bond acceptors (Lipinski definition) is 2. The maximum absolute atomic E-state index is 10.4. The standard InChI is InChI=1S/C12H10N2O2/c15-12(16)14-11-3-1-9(2-4-11)10-5-7-13-8-6-10/h1-8,14H,(H,15,16). The van der Waals surface area contributed by atoms with Crippen LogP contribution >= 0.6 is 0 Å². The number of anilines is 1. The third kappa shape index (κ3) is 2.36. The van der Waals surface area contributed by atoms with Crippen LogP contribution in [0.4, 0.5) is 10.5 Å². The van der Waals surface area contributed by atoms with Gasteiger partial charge in [-0.25, -0.2) is 4.79 Å². The number of carbonyl (C=O) groups is 1. The van der Waals surface area contributed by atoms with E-state index >= 15 is 0 Å². The Morgan fingerprint density at radius 1 is 1.00 bits per heavy atom. The molecule has 0 aliphatic heterocycles. The van der Waals surface area contributed by atoms with Crippen LogP contribution in [0.3, 0.4) is 0 Å². The van der Waals surface area contributed by atoms with E-state index in [1.54, 1.807) is 24.5 Å². The van der Waals surface area contributed by atoms with Crippen molar-refractivity contribution in [1.29, 1.82) is 0 Å². The summed E-state index contributed by atoms with van der Waals surface area (Å²) in [4.78, 5) is 14.3. The van der Waals surface area contributed by atoms with Crippen LogP contribution in [0.5, 0.6) is 0 Å². The summed E-state index contributed by atoms with van der Waals surface area (Å²) in [6, 6.07) is 11.0. The first-order chi connectivity index (χ1) is 7.75. The van der Waals surface area contributed by atoms with Gasteiger partial charge >= 0.3 is 6.09 Å². The van der Waals surface area contributed by atoms with Crippen molar-refractivity contribution >= 4 is 11.8 Å². The van der Waals surface area contributed by atoms with Crippen LogP contribution in [0.25, 0.3) is 11.1 Å². The van der Waals surface area contributed by atoms with Gasteiger partial charge in [0.2, 0.25) is 0 Å². The van der Waals surface area contributed by atoms with Gasteiger partial charge in [0, 0.05) is 18.1 Å². The van der Waals surface area contributed by atoms with Gasteiger partial charge in [-0.05, 0) is 35.4 Å². The zero-order chi connectivity index (χ0) is 11.4. The van der Waals surface area contributed by atoms with Gasteiger partial charge in [-0.3, -0.25) is 10.3 Å². The van der Waals surface area contributed by atoms with E-state index in [0.29, 0.717) is 5.69 Å². The van der Waals surface area contributed by atoms with E-state index in [1.807, 2.05) is 24.3 Å². The van der Waals surface area contributed by atoms with Crippen molar-refractivity contribution in [1.82, 2.24) is 4.98 Å². The molecule has 0 aliphatic carbocycles. The predicted octanol–water partition coefficient (Wildman–Crippen LogP) is 2.84. The molecule has 1 aromatic heterocycles. The topological polar surface area (TPSA) is 62.2 Å². The van der Waals surface area contributed by atoms with Crippen molar-refractivity contribution < 1.29 is 9.90 Å². The lowest BCUT2D eigenvalue weighted by atomic mass is 10.1. The van der Waals surface area contributed by atoms with Crippen molar-refractivity contribution in [2.75, 3.05) is 5.32 Å². The molecular formula is C12H10N2O2. The summed E-state index contributed by atoms with van der Waals surface area (Å²) in [6.45, 7) is 0. The van der Waals surface area contributed by atoms with E-state index < -0.39 is 6.09 Å². The maximum atomic E-state index is 10.4. The SMILES string of the molecule is O=C(O)Nc1ccc(-c2ccncc2)cc1. The molecule has 0 saturated heterocycles. The lowest BCUT2D eigenvalue weighted by molar-refractivity contribution is 0.210. The summed E-state index contributed by atoms with van der Waals surface area (Å²) in [5, 5.41) is 10.8. The molecule has 0 saturated carbocycles. The maximum Gasteiger partial charge on any atom is 0.409 e. The highest BCUT2D eigenvalue weighted by atomic mass is 16.4. The summed E-state index contributed by atoms with van der Waals surface area (Å²) in [6.07, 6.45) is 2.38. The van der Waals surface area contributed by atoms with Crippen LogP contribution in [0.15, 0.2) is 48.8 Å². The number of aromatic nitrogens is 1. The molecule has 0 radical (unpaired) electrons. The summed E-state index contributed by atoms with van der Waals surface area (Å²) in [7, 11) is 0. The fraction of sp³-hybridized carbons (Fsp3) is 0. The average Bonchev–Trinajstić information content (AvgIpc) is 2.30. The second-order valence-electron chi connectivity index (χ2n) is 3.24. The molecule has 2 aromatic rings. The van der Waals surface area contributed by atoms with Crippen LogP contribution in [0.2, 0.25) is 0 Å². The zero-order valence-corrected chi connectivity index (χ0v) is 8.42. The largest absolute Gasteiger partial charge is 0.465 e. The molecule has 1 amide bonds. The van der Waals surface area contributed by atoms with Gasteiger partial charge in [0.1, 0.15) is 0 Å². The van der Waals surface area contributed by atoms with Crippen LogP contribution in [0, 0.1) is 0 Å². The second kappa shape index (κ2) is 4.44. The fourth-order valence-corrected chi connectivity index (χ4v) is 1.41. The molecule has 1 aromatic carbocycles. The smallest absolute Gasteiger partial charge is 0.409 e. The number of benzene rings is 1. The number of nitrogens with one attached hydrogen (secondary N) is 1. The van der Waals surface area contributed by atoms with Crippen molar-refractivity contribution in [3.8, 4) is 11.1 Å². The summed E-state index contributed by atoms with van der Waals surface area (Å²) >= 11 is 0. The minimum Gasteiger partial charge on any atom is -0.465 e. The van der Waals surface area contributed by atoms with Crippen LogP contribution in [-0.4, -0.2) is 16.2 Å². The predicted molar refractivity (Wildman–Crippen MR) is 61.3 cm³/mol. The van der Waals surface area contributed by atoms with Crippen molar-refractivity contribution in [3.63, 3.8) is 0 Å². The van der Waals surface area contributed by atoms with Crippen molar-refractivity contribution in [2.45, 2.75) is 0 Å². The van der Waals surface area contributed by atoms with E-state index in [1.165, 1.54) is 0 Å². The normalized spacial score (nSPS) is 9.75. The quantitative estimate of drug-likeness (QED) is 0.807. The minimum absolute atomic E-state index is 0.560. The average molecular weight is 214 g/mol. The molecule has 0 atom stereocenters. The van der Waals surface area contributed by atoms with Gasteiger partial charge in [-0.2, -0.15) is 0 Å². The molecule has 0 bridgehead atoms. The highest BCUT2D eigenvalue weighted by molar-refractivity contribution is 5.83. The number of nitrogens with zero attached hydrogens (tertiary/aromatic N) is 1. The highest BCUT2D eigenvalue weighted by Crippen LogP contribution is 2.20. The summed E-state index contributed by atoms with van der Waals surface area (Å²) in [5.41, 5.74) is 2.64. The van der Waals surface area contributed by atoms with Crippen molar-refractivity contribution in [3.05, 3.63) is 48.8 Å². The van der Waals surface area contributed by atoms with Crippen LogP contribution in [-0.2, 0) is 0 Å². The van der Waals surface area contributed by atoms with Gasteiger partial charge in [0.15, 0.2) is 0 Å². The Kier molecular flexibility index (Phi) is 2.82. The lowest BCUT2D eigenvalue weighted by Gasteiger charge is -2.03. The first-order valence-electron chi connectivity index (χ1n) is 4.76. The van der Waals surface area contributed by atoms with E-state index in [9.17, 15) is 4.79 Å². The van der Waals surface area contributed by atoms with E-state index in [0.717, 1.165) is 11.1 Å². The second-order valence-corrected chi connectivity index (χ2v) is 3.24. The van der Waals surface area contributed by atoms with Gasteiger partial charge in [-0.15, -0.1) is 0 Å². The van der Waals surface area contributed by atoms with Gasteiger partial charge in [0.25, 0.3) is 0 Å². The molecule has 16 heavy (non-hydrogen) atoms. The van der Waals surface area contributed by atoms with Gasteiger partial charge in [0.05, 0.1) is 0 Å². The first kappa shape index (κ1) is 10.2. The molecule has 4 heteroatoms. The molecule has 1 heterocycles. The highest BCUT2D eigenvalue weighted by Gasteiger charge is 1.99. The molecule has 4 nitrogen and oxygen atoms in total. The number of amides is 1. The zero-order valence-electron chi connectivity index (χ0n) is 8.42. The Hall–Kier alpha value is -2.36. The monoisotopic (exact) mass is 214 g/mol. The molecule has 2 rings (SSSR count). The molecule has 0 spiro atoms. The third-order valence-electron chi connectivity index (χ3n) is 2.15. The minimum atomic E-state index is -1.06. The summed E-state index contributed by atoms with van der Waals surface area (Å²) in [5.74, 6) is 0. The Bertz CT molecular complexity index is 480. The Morgan fingerprint density at radius 2 is 1.56 bits per heavy atom. The number of pyridine rings is 1. The Labute approximate surface area is 92.6 Å². The van der Waals surface area contributed by atoms with E-state index in [-0.39, 0.29) is 0 Å². The molecular weight excluding hydrogens is 204 g/mol. The Morgan fingerprint density at radius 3 is 2.12 bits per heavy atom.